The molecule has 5 heteroatoms. The van der Waals surface area contributed by atoms with Crippen LogP contribution in [0.4, 0.5) is 5.69 Å². The van der Waals surface area contributed by atoms with E-state index in [9.17, 15) is 4.79 Å². The molecule has 1 aliphatic carbocycles. The average molecular weight is 312 g/mol. The summed E-state index contributed by atoms with van der Waals surface area (Å²) in [7, 11) is 0. The average Bonchev–Trinajstić information content (AvgIpc) is 3.05. The highest BCUT2D eigenvalue weighted by atomic mass is 16.1. The largest absolute Gasteiger partial charge is 0.330 e. The molecule has 0 saturated heterocycles. The van der Waals surface area contributed by atoms with Crippen molar-refractivity contribution in [3.05, 3.63) is 42.7 Å². The van der Waals surface area contributed by atoms with Crippen LogP contribution in [0, 0.1) is 5.41 Å². The third-order valence-electron chi connectivity index (χ3n) is 4.77. The van der Waals surface area contributed by atoms with Gasteiger partial charge in [0.2, 0.25) is 5.91 Å². The molecule has 0 atom stereocenters. The summed E-state index contributed by atoms with van der Waals surface area (Å²) in [4.78, 5) is 12.4. The van der Waals surface area contributed by atoms with E-state index in [1.54, 1.807) is 10.9 Å². The molecule has 1 amide bonds. The van der Waals surface area contributed by atoms with Crippen molar-refractivity contribution in [2.24, 2.45) is 11.1 Å². The summed E-state index contributed by atoms with van der Waals surface area (Å²) in [5, 5.41) is 7.26. The SMILES string of the molecule is NCC1(CC(=O)Nc2cnn(-c3ccccc3)c2)CCCCC1. The molecule has 0 spiro atoms. The lowest BCUT2D eigenvalue weighted by Gasteiger charge is -2.35. The van der Waals surface area contributed by atoms with Crippen LogP contribution in [-0.4, -0.2) is 22.2 Å². The lowest BCUT2D eigenvalue weighted by molar-refractivity contribution is -0.118. The van der Waals surface area contributed by atoms with Gasteiger partial charge in [0.25, 0.3) is 0 Å². The number of hydrogen-bond donors (Lipinski definition) is 2. The smallest absolute Gasteiger partial charge is 0.225 e. The van der Waals surface area contributed by atoms with Gasteiger partial charge >= 0.3 is 0 Å². The normalized spacial score (nSPS) is 16.9. The molecular weight excluding hydrogens is 288 g/mol. The minimum atomic E-state index is -0.0161. The topological polar surface area (TPSA) is 72.9 Å². The molecule has 0 unspecified atom stereocenters. The van der Waals surface area contributed by atoms with Gasteiger partial charge in [-0.3, -0.25) is 4.79 Å². The Kier molecular flexibility index (Phi) is 4.76. The van der Waals surface area contributed by atoms with Crippen molar-refractivity contribution in [3.63, 3.8) is 0 Å². The van der Waals surface area contributed by atoms with Gasteiger partial charge in [0.1, 0.15) is 0 Å². The summed E-state index contributed by atoms with van der Waals surface area (Å²) in [6.07, 6.45) is 9.74. The quantitative estimate of drug-likeness (QED) is 0.891. The van der Waals surface area contributed by atoms with Gasteiger partial charge in [0.05, 0.1) is 23.8 Å². The van der Waals surface area contributed by atoms with Crippen LogP contribution in [0.3, 0.4) is 0 Å². The van der Waals surface area contributed by atoms with Gasteiger partial charge in [-0.05, 0) is 36.9 Å². The molecule has 2 aromatic rings. The second kappa shape index (κ2) is 6.96. The van der Waals surface area contributed by atoms with Crippen LogP contribution in [0.2, 0.25) is 0 Å². The molecular formula is C18H24N4O. The van der Waals surface area contributed by atoms with Gasteiger partial charge in [-0.1, -0.05) is 37.5 Å². The fourth-order valence-electron chi connectivity index (χ4n) is 3.41. The second-order valence-corrected chi connectivity index (χ2v) is 6.50. The van der Waals surface area contributed by atoms with Crippen molar-refractivity contribution in [1.82, 2.24) is 9.78 Å². The summed E-state index contributed by atoms with van der Waals surface area (Å²) in [6.45, 7) is 0.587. The molecule has 1 aliphatic rings. The number of aromatic nitrogens is 2. The molecule has 23 heavy (non-hydrogen) atoms. The van der Waals surface area contributed by atoms with Crippen molar-refractivity contribution in [1.29, 1.82) is 0 Å². The number of carbonyl (C=O) groups excluding carboxylic acids is 1. The monoisotopic (exact) mass is 312 g/mol. The number of nitrogens with one attached hydrogen (secondary N) is 1. The molecule has 1 heterocycles. The lowest BCUT2D eigenvalue weighted by Crippen LogP contribution is -2.36. The maximum absolute atomic E-state index is 12.4. The molecule has 0 aliphatic heterocycles. The summed E-state index contributed by atoms with van der Waals surface area (Å²) in [5.74, 6) is 0.0324. The lowest BCUT2D eigenvalue weighted by atomic mass is 9.71. The first-order chi connectivity index (χ1) is 11.2. The van der Waals surface area contributed by atoms with Crippen molar-refractivity contribution >= 4 is 11.6 Å². The van der Waals surface area contributed by atoms with Gasteiger partial charge in [-0.15, -0.1) is 0 Å². The van der Waals surface area contributed by atoms with Crippen LogP contribution < -0.4 is 11.1 Å². The number of rotatable bonds is 5. The highest BCUT2D eigenvalue weighted by Crippen LogP contribution is 2.38. The van der Waals surface area contributed by atoms with E-state index in [2.05, 4.69) is 10.4 Å². The Morgan fingerprint density at radius 2 is 1.96 bits per heavy atom. The maximum atomic E-state index is 12.4. The molecule has 122 valence electrons. The zero-order valence-corrected chi connectivity index (χ0v) is 13.4. The molecule has 1 saturated carbocycles. The van der Waals surface area contributed by atoms with Crippen molar-refractivity contribution in [3.8, 4) is 5.69 Å². The van der Waals surface area contributed by atoms with Crippen LogP contribution in [0.5, 0.6) is 0 Å². The summed E-state index contributed by atoms with van der Waals surface area (Å²) >= 11 is 0. The van der Waals surface area contributed by atoms with E-state index in [-0.39, 0.29) is 11.3 Å². The predicted octanol–water partition coefficient (Wildman–Crippen LogP) is 3.11. The van der Waals surface area contributed by atoms with Gasteiger partial charge in [0.15, 0.2) is 0 Å². The number of carbonyl (C=O) groups is 1. The molecule has 0 bridgehead atoms. The first kappa shape index (κ1) is 15.7. The van der Waals surface area contributed by atoms with Crippen molar-refractivity contribution in [2.45, 2.75) is 38.5 Å². The minimum absolute atomic E-state index is 0.0161. The van der Waals surface area contributed by atoms with E-state index >= 15 is 0 Å². The Labute approximate surface area is 136 Å². The summed E-state index contributed by atoms with van der Waals surface area (Å²) < 4.78 is 1.76. The summed E-state index contributed by atoms with van der Waals surface area (Å²) in [6, 6.07) is 9.84. The van der Waals surface area contributed by atoms with Gasteiger partial charge in [-0.25, -0.2) is 4.68 Å². The van der Waals surface area contributed by atoms with Crippen LogP contribution in [0.15, 0.2) is 42.7 Å². The Bertz CT molecular complexity index is 644. The molecule has 3 N–H and O–H groups in total. The second-order valence-electron chi connectivity index (χ2n) is 6.50. The van der Waals surface area contributed by atoms with Gasteiger partial charge in [-0.2, -0.15) is 5.10 Å². The Morgan fingerprint density at radius 1 is 1.22 bits per heavy atom. The number of para-hydroxylation sites is 1. The molecule has 0 radical (unpaired) electrons. The highest BCUT2D eigenvalue weighted by molar-refractivity contribution is 5.91. The standard InChI is InChI=1S/C18H24N4O/c19-14-18(9-5-2-6-10-18)11-17(23)21-15-12-20-22(13-15)16-7-3-1-4-8-16/h1,3-4,7-8,12-13H,2,5-6,9-11,14,19H2,(H,21,23). The summed E-state index contributed by atoms with van der Waals surface area (Å²) in [5.41, 5.74) is 7.64. The maximum Gasteiger partial charge on any atom is 0.225 e. The van der Waals surface area contributed by atoms with Crippen LogP contribution in [0.1, 0.15) is 38.5 Å². The third kappa shape index (κ3) is 3.79. The Hall–Kier alpha value is -2.14. The highest BCUT2D eigenvalue weighted by Gasteiger charge is 2.33. The van der Waals surface area contributed by atoms with E-state index in [4.69, 9.17) is 5.73 Å². The number of hydrogen-bond acceptors (Lipinski definition) is 3. The zero-order chi connectivity index (χ0) is 16.1. The van der Waals surface area contributed by atoms with E-state index < -0.39 is 0 Å². The van der Waals surface area contributed by atoms with Crippen LogP contribution in [-0.2, 0) is 4.79 Å². The fraction of sp³-hybridized carbons (Fsp3) is 0.444. The van der Waals surface area contributed by atoms with E-state index in [1.165, 1.54) is 19.3 Å². The fourth-order valence-corrected chi connectivity index (χ4v) is 3.41. The molecule has 3 rings (SSSR count). The molecule has 1 fully saturated rings. The first-order valence-corrected chi connectivity index (χ1v) is 8.31. The van der Waals surface area contributed by atoms with E-state index in [0.29, 0.717) is 13.0 Å². The van der Waals surface area contributed by atoms with Crippen molar-refractivity contribution < 1.29 is 4.79 Å². The van der Waals surface area contributed by atoms with Crippen LogP contribution in [0.25, 0.3) is 5.69 Å². The number of amides is 1. The minimum Gasteiger partial charge on any atom is -0.330 e. The zero-order valence-electron chi connectivity index (χ0n) is 13.4. The number of benzene rings is 1. The predicted molar refractivity (Wildman–Crippen MR) is 91.4 cm³/mol. The Balaban J connectivity index is 1.63. The molecule has 5 nitrogen and oxygen atoms in total. The van der Waals surface area contributed by atoms with Gasteiger partial charge in [0, 0.05) is 6.42 Å². The van der Waals surface area contributed by atoms with Gasteiger partial charge < -0.3 is 11.1 Å². The third-order valence-corrected chi connectivity index (χ3v) is 4.77. The first-order valence-electron chi connectivity index (χ1n) is 8.31. The van der Waals surface area contributed by atoms with Crippen LogP contribution >= 0.6 is 0 Å². The van der Waals surface area contributed by atoms with E-state index in [1.807, 2.05) is 36.5 Å². The Morgan fingerprint density at radius 3 is 2.65 bits per heavy atom. The molecule has 1 aromatic heterocycles. The number of anilines is 1. The number of nitrogens with two attached hydrogens (primary N) is 1. The van der Waals surface area contributed by atoms with Crippen molar-refractivity contribution in [2.75, 3.05) is 11.9 Å². The molecule has 1 aromatic carbocycles. The number of nitrogens with zero attached hydrogens (tertiary/aromatic N) is 2. The van der Waals surface area contributed by atoms with E-state index in [0.717, 1.165) is 24.2 Å².